The number of anilines is 1. The minimum absolute atomic E-state index is 0.0869. The molecule has 3 aromatic rings. The average Bonchev–Trinajstić information content (AvgIpc) is 3.10. The maximum absolute atomic E-state index is 12.4. The highest BCUT2D eigenvalue weighted by atomic mass is 32.1. The zero-order chi connectivity index (χ0) is 20.3. The number of aromatic nitrogens is 1. The van der Waals surface area contributed by atoms with Gasteiger partial charge >= 0.3 is 0 Å². The molecule has 3 rings (SSSR count). The van der Waals surface area contributed by atoms with E-state index in [0.717, 1.165) is 17.0 Å². The van der Waals surface area contributed by atoms with Gasteiger partial charge in [-0.15, -0.1) is 11.3 Å². The SMILES string of the molecule is Cc1ccc(C(=O)Nc2nc(-c3ccc(OC(C)C)cc3)cs2)cc1[N+](=O)[O-]. The number of nitro benzene ring substituents is 1. The Morgan fingerprint density at radius 3 is 2.57 bits per heavy atom. The number of hydrogen-bond acceptors (Lipinski definition) is 6. The zero-order valence-corrected chi connectivity index (χ0v) is 16.4. The second-order valence-electron chi connectivity index (χ2n) is 6.44. The summed E-state index contributed by atoms with van der Waals surface area (Å²) in [6, 6.07) is 11.9. The molecule has 0 saturated heterocycles. The monoisotopic (exact) mass is 397 g/mol. The molecule has 0 atom stereocenters. The van der Waals surface area contributed by atoms with E-state index >= 15 is 0 Å². The number of rotatable bonds is 6. The standard InChI is InChI=1S/C20H19N3O4S/c1-12(2)27-16-8-6-14(7-9-16)17-11-28-20(21-17)22-19(24)15-5-4-13(3)18(10-15)23(25)26/h4-12H,1-3H3,(H,21,22,24). The molecule has 0 aliphatic rings. The highest BCUT2D eigenvalue weighted by Gasteiger charge is 2.16. The van der Waals surface area contributed by atoms with E-state index < -0.39 is 10.8 Å². The van der Waals surface area contributed by atoms with Crippen LogP contribution in [0.3, 0.4) is 0 Å². The summed E-state index contributed by atoms with van der Waals surface area (Å²) in [5.74, 6) is 0.341. The molecule has 1 aromatic heterocycles. The first kappa shape index (κ1) is 19.5. The zero-order valence-electron chi connectivity index (χ0n) is 15.6. The van der Waals surface area contributed by atoms with Crippen LogP contribution in [0, 0.1) is 17.0 Å². The fraction of sp³-hybridized carbons (Fsp3) is 0.200. The van der Waals surface area contributed by atoms with E-state index in [1.54, 1.807) is 19.1 Å². The van der Waals surface area contributed by atoms with E-state index in [1.165, 1.54) is 17.4 Å². The van der Waals surface area contributed by atoms with Gasteiger partial charge in [-0.25, -0.2) is 4.98 Å². The van der Waals surface area contributed by atoms with Crippen LogP contribution in [0.4, 0.5) is 10.8 Å². The van der Waals surface area contributed by atoms with Gasteiger partial charge in [0, 0.05) is 28.1 Å². The van der Waals surface area contributed by atoms with Crippen molar-refractivity contribution in [1.29, 1.82) is 0 Å². The summed E-state index contributed by atoms with van der Waals surface area (Å²) >= 11 is 1.29. The van der Waals surface area contributed by atoms with Gasteiger partial charge in [-0.2, -0.15) is 0 Å². The van der Waals surface area contributed by atoms with Crippen molar-refractivity contribution < 1.29 is 14.5 Å². The molecule has 0 saturated carbocycles. The molecule has 0 aliphatic carbocycles. The fourth-order valence-corrected chi connectivity index (χ4v) is 3.27. The van der Waals surface area contributed by atoms with Gasteiger partial charge in [0.05, 0.1) is 16.7 Å². The van der Waals surface area contributed by atoms with Crippen LogP contribution in [0.2, 0.25) is 0 Å². The number of nitrogens with zero attached hydrogens (tertiary/aromatic N) is 2. The average molecular weight is 397 g/mol. The first-order chi connectivity index (χ1) is 13.3. The Balaban J connectivity index is 1.73. The molecule has 28 heavy (non-hydrogen) atoms. The van der Waals surface area contributed by atoms with Gasteiger partial charge in [0.2, 0.25) is 0 Å². The fourth-order valence-electron chi connectivity index (χ4n) is 2.56. The molecule has 144 valence electrons. The Bertz CT molecular complexity index is 1010. The van der Waals surface area contributed by atoms with Crippen molar-refractivity contribution in [2.75, 3.05) is 5.32 Å². The predicted octanol–water partition coefficient (Wildman–Crippen LogP) is 5.07. The van der Waals surface area contributed by atoms with Crippen LogP contribution in [-0.4, -0.2) is 21.9 Å². The largest absolute Gasteiger partial charge is 0.491 e. The molecular formula is C20H19N3O4S. The molecule has 0 fully saturated rings. The van der Waals surface area contributed by atoms with Crippen LogP contribution in [-0.2, 0) is 0 Å². The molecule has 0 spiro atoms. The Morgan fingerprint density at radius 2 is 1.93 bits per heavy atom. The Labute approximate surface area is 166 Å². The van der Waals surface area contributed by atoms with Crippen molar-refractivity contribution >= 4 is 28.1 Å². The Kier molecular flexibility index (Phi) is 5.70. The molecule has 8 heteroatoms. The van der Waals surface area contributed by atoms with Crippen LogP contribution in [0.25, 0.3) is 11.3 Å². The summed E-state index contributed by atoms with van der Waals surface area (Å²) in [7, 11) is 0. The van der Waals surface area contributed by atoms with E-state index in [2.05, 4.69) is 10.3 Å². The molecular weight excluding hydrogens is 378 g/mol. The lowest BCUT2D eigenvalue weighted by atomic mass is 10.1. The first-order valence-corrected chi connectivity index (χ1v) is 9.50. The molecule has 2 aromatic carbocycles. The highest BCUT2D eigenvalue weighted by molar-refractivity contribution is 7.14. The number of nitrogens with one attached hydrogen (secondary N) is 1. The third-order valence-electron chi connectivity index (χ3n) is 3.91. The molecule has 0 aliphatic heterocycles. The second kappa shape index (κ2) is 8.18. The lowest BCUT2D eigenvalue weighted by Gasteiger charge is -2.09. The molecule has 1 N–H and O–H groups in total. The van der Waals surface area contributed by atoms with E-state index in [1.807, 2.05) is 43.5 Å². The molecule has 1 heterocycles. The molecule has 0 radical (unpaired) electrons. The highest BCUT2D eigenvalue weighted by Crippen LogP contribution is 2.27. The number of amides is 1. The minimum atomic E-state index is -0.500. The lowest BCUT2D eigenvalue weighted by molar-refractivity contribution is -0.385. The van der Waals surface area contributed by atoms with E-state index in [-0.39, 0.29) is 17.4 Å². The van der Waals surface area contributed by atoms with Crippen molar-refractivity contribution in [3.8, 4) is 17.0 Å². The summed E-state index contributed by atoms with van der Waals surface area (Å²) in [6.07, 6.45) is 0.101. The lowest BCUT2D eigenvalue weighted by Crippen LogP contribution is -2.12. The van der Waals surface area contributed by atoms with Crippen molar-refractivity contribution in [3.63, 3.8) is 0 Å². The van der Waals surface area contributed by atoms with Gasteiger partial charge in [0.25, 0.3) is 11.6 Å². The summed E-state index contributed by atoms with van der Waals surface area (Å²) in [5, 5.41) is 16.0. The number of benzene rings is 2. The van der Waals surface area contributed by atoms with E-state index in [9.17, 15) is 14.9 Å². The van der Waals surface area contributed by atoms with Crippen molar-refractivity contribution in [1.82, 2.24) is 4.98 Å². The first-order valence-electron chi connectivity index (χ1n) is 8.62. The summed E-state index contributed by atoms with van der Waals surface area (Å²) in [5.41, 5.74) is 2.26. The van der Waals surface area contributed by atoms with Gasteiger partial charge in [0.15, 0.2) is 5.13 Å². The van der Waals surface area contributed by atoms with Crippen LogP contribution in [0.15, 0.2) is 47.8 Å². The van der Waals surface area contributed by atoms with Crippen LogP contribution in [0.5, 0.6) is 5.75 Å². The number of carbonyl (C=O) groups excluding carboxylic acids is 1. The quantitative estimate of drug-likeness (QED) is 0.463. The van der Waals surface area contributed by atoms with Gasteiger partial charge in [-0.05, 0) is 51.1 Å². The maximum Gasteiger partial charge on any atom is 0.273 e. The van der Waals surface area contributed by atoms with Gasteiger partial charge in [-0.1, -0.05) is 6.07 Å². The van der Waals surface area contributed by atoms with Crippen molar-refractivity contribution in [2.24, 2.45) is 0 Å². The normalized spacial score (nSPS) is 10.7. The number of ether oxygens (including phenoxy) is 1. The summed E-state index contributed by atoms with van der Waals surface area (Å²) < 4.78 is 5.62. The van der Waals surface area contributed by atoms with E-state index in [4.69, 9.17) is 4.74 Å². The maximum atomic E-state index is 12.4. The number of thiazole rings is 1. The van der Waals surface area contributed by atoms with Crippen LogP contribution < -0.4 is 10.1 Å². The molecule has 0 unspecified atom stereocenters. The van der Waals surface area contributed by atoms with E-state index in [0.29, 0.717) is 10.7 Å². The molecule has 0 bridgehead atoms. The number of aryl methyl sites for hydroxylation is 1. The molecule has 1 amide bonds. The topological polar surface area (TPSA) is 94.4 Å². The van der Waals surface area contributed by atoms with Crippen molar-refractivity contribution in [3.05, 3.63) is 69.1 Å². The number of hydrogen-bond donors (Lipinski definition) is 1. The third-order valence-corrected chi connectivity index (χ3v) is 4.67. The summed E-state index contributed by atoms with van der Waals surface area (Å²) in [4.78, 5) is 27.4. The number of carbonyl (C=O) groups is 1. The van der Waals surface area contributed by atoms with Gasteiger partial charge < -0.3 is 4.74 Å². The molecule has 7 nitrogen and oxygen atoms in total. The van der Waals surface area contributed by atoms with Gasteiger partial charge in [0.1, 0.15) is 5.75 Å². The number of nitro groups is 1. The minimum Gasteiger partial charge on any atom is -0.491 e. The second-order valence-corrected chi connectivity index (χ2v) is 7.30. The van der Waals surface area contributed by atoms with Crippen molar-refractivity contribution in [2.45, 2.75) is 26.9 Å². The Hall–Kier alpha value is -3.26. The summed E-state index contributed by atoms with van der Waals surface area (Å²) in [6.45, 7) is 5.56. The smallest absolute Gasteiger partial charge is 0.273 e. The predicted molar refractivity (Wildman–Crippen MR) is 109 cm³/mol. The third kappa shape index (κ3) is 4.52. The van der Waals surface area contributed by atoms with Crippen LogP contribution in [0.1, 0.15) is 29.8 Å². The Morgan fingerprint density at radius 1 is 1.21 bits per heavy atom. The van der Waals surface area contributed by atoms with Crippen LogP contribution >= 0.6 is 11.3 Å². The van der Waals surface area contributed by atoms with Gasteiger partial charge in [-0.3, -0.25) is 20.2 Å².